The molecule has 0 amide bonds. The van der Waals surface area contributed by atoms with Crippen LogP contribution in [0.15, 0.2) is 30.6 Å². The van der Waals surface area contributed by atoms with E-state index in [1.807, 2.05) is 35.6 Å². The van der Waals surface area contributed by atoms with Gasteiger partial charge in [-0.25, -0.2) is 9.97 Å². The summed E-state index contributed by atoms with van der Waals surface area (Å²) in [6.45, 7) is 1.93. The van der Waals surface area contributed by atoms with Gasteiger partial charge in [0.25, 0.3) is 0 Å². The van der Waals surface area contributed by atoms with Crippen molar-refractivity contribution in [2.45, 2.75) is 6.92 Å². The van der Waals surface area contributed by atoms with Crippen LogP contribution in [0.5, 0.6) is 0 Å². The molecule has 0 bridgehead atoms. The lowest BCUT2D eigenvalue weighted by atomic mass is 10.3. The molecule has 0 aliphatic rings. The Bertz CT molecular complexity index is 654. The predicted molar refractivity (Wildman–Crippen MR) is 59.6 cm³/mol. The van der Waals surface area contributed by atoms with E-state index in [0.29, 0.717) is 5.82 Å². The molecule has 2 aromatic heterocycles. The molecule has 0 saturated carbocycles. The van der Waals surface area contributed by atoms with Gasteiger partial charge in [0.15, 0.2) is 0 Å². The Morgan fingerprint density at radius 3 is 2.93 bits per heavy atom. The highest BCUT2D eigenvalue weighted by molar-refractivity contribution is 5.84. The van der Waals surface area contributed by atoms with E-state index in [2.05, 4.69) is 9.97 Å². The van der Waals surface area contributed by atoms with Crippen LogP contribution in [0.4, 0.5) is 5.82 Å². The van der Waals surface area contributed by atoms with Crippen LogP contribution in [-0.2, 0) is 0 Å². The van der Waals surface area contributed by atoms with Crippen LogP contribution >= 0.6 is 0 Å². The van der Waals surface area contributed by atoms with Crippen molar-refractivity contribution >= 4 is 22.4 Å². The zero-order chi connectivity index (χ0) is 10.4. The van der Waals surface area contributed by atoms with Gasteiger partial charge in [-0.2, -0.15) is 0 Å². The largest absolute Gasteiger partial charge is 0.382 e. The summed E-state index contributed by atoms with van der Waals surface area (Å²) in [5.74, 6) is 0.531. The molecule has 4 heteroatoms. The molecule has 2 N–H and O–H groups in total. The van der Waals surface area contributed by atoms with Crippen molar-refractivity contribution in [1.82, 2.24) is 14.4 Å². The highest BCUT2D eigenvalue weighted by Crippen LogP contribution is 2.21. The smallest absolute Gasteiger partial charge is 0.150 e. The molecule has 2 heterocycles. The molecule has 0 fully saturated rings. The number of nitrogens with two attached hydrogens (primary N) is 1. The quantitative estimate of drug-likeness (QED) is 0.599. The van der Waals surface area contributed by atoms with Crippen LogP contribution in [0.1, 0.15) is 5.69 Å². The third-order valence-electron chi connectivity index (χ3n) is 2.58. The summed E-state index contributed by atoms with van der Waals surface area (Å²) in [6.07, 6.45) is 1.78. The molecule has 3 rings (SSSR count). The normalized spacial score (nSPS) is 11.3. The maximum atomic E-state index is 5.90. The Labute approximate surface area is 86.4 Å². The molecule has 15 heavy (non-hydrogen) atoms. The number of rotatable bonds is 0. The van der Waals surface area contributed by atoms with Crippen molar-refractivity contribution in [2.75, 3.05) is 5.73 Å². The zero-order valence-corrected chi connectivity index (χ0v) is 8.31. The molecule has 0 radical (unpaired) electrons. The second kappa shape index (κ2) is 2.70. The lowest BCUT2D eigenvalue weighted by molar-refractivity contribution is 1.18. The van der Waals surface area contributed by atoms with Gasteiger partial charge >= 0.3 is 0 Å². The average Bonchev–Trinajstić information content (AvgIpc) is 2.62. The van der Waals surface area contributed by atoms with Crippen molar-refractivity contribution in [3.05, 3.63) is 36.3 Å². The lowest BCUT2D eigenvalue weighted by Crippen LogP contribution is -1.97. The fourth-order valence-electron chi connectivity index (χ4n) is 1.87. The number of nitrogens with zero attached hydrogens (tertiary/aromatic N) is 3. The average molecular weight is 198 g/mol. The number of aryl methyl sites for hydroxylation is 1. The Kier molecular flexibility index (Phi) is 1.48. The number of para-hydroxylation sites is 2. The number of benzene rings is 1. The van der Waals surface area contributed by atoms with E-state index in [-0.39, 0.29) is 0 Å². The van der Waals surface area contributed by atoms with Crippen LogP contribution in [0.3, 0.4) is 0 Å². The Morgan fingerprint density at radius 2 is 2.07 bits per heavy atom. The zero-order valence-electron chi connectivity index (χ0n) is 8.31. The highest BCUT2D eigenvalue weighted by Gasteiger charge is 2.08. The van der Waals surface area contributed by atoms with Crippen LogP contribution in [0, 0.1) is 6.92 Å². The maximum absolute atomic E-state index is 5.90. The van der Waals surface area contributed by atoms with Gasteiger partial charge in [0, 0.05) is 0 Å². The van der Waals surface area contributed by atoms with Gasteiger partial charge in [0.05, 0.1) is 16.7 Å². The summed E-state index contributed by atoms with van der Waals surface area (Å²) >= 11 is 0. The number of nitrogen functional groups attached to an aromatic ring is 1. The number of fused-ring (bicyclic) bond motifs is 3. The maximum Gasteiger partial charge on any atom is 0.150 e. The second-order valence-electron chi connectivity index (χ2n) is 3.53. The van der Waals surface area contributed by atoms with Gasteiger partial charge in [-0.05, 0) is 19.1 Å². The van der Waals surface area contributed by atoms with E-state index < -0.39 is 0 Å². The van der Waals surface area contributed by atoms with Gasteiger partial charge in [-0.15, -0.1) is 0 Å². The molecule has 0 aliphatic heterocycles. The van der Waals surface area contributed by atoms with E-state index in [9.17, 15) is 0 Å². The molecule has 0 atom stereocenters. The first-order valence-corrected chi connectivity index (χ1v) is 4.75. The van der Waals surface area contributed by atoms with Crippen molar-refractivity contribution in [2.24, 2.45) is 0 Å². The van der Waals surface area contributed by atoms with Gasteiger partial charge in [0.2, 0.25) is 0 Å². The van der Waals surface area contributed by atoms with Gasteiger partial charge in [-0.1, -0.05) is 12.1 Å². The summed E-state index contributed by atoms with van der Waals surface area (Å²) in [5.41, 5.74) is 9.62. The highest BCUT2D eigenvalue weighted by atomic mass is 15.0. The topological polar surface area (TPSA) is 56.2 Å². The van der Waals surface area contributed by atoms with E-state index in [4.69, 9.17) is 5.73 Å². The van der Waals surface area contributed by atoms with Crippen molar-refractivity contribution < 1.29 is 0 Å². The van der Waals surface area contributed by atoms with Gasteiger partial charge in [-0.3, -0.25) is 4.40 Å². The third kappa shape index (κ3) is 1.01. The van der Waals surface area contributed by atoms with Crippen LogP contribution in [0.25, 0.3) is 16.6 Å². The monoisotopic (exact) mass is 198 g/mol. The van der Waals surface area contributed by atoms with Gasteiger partial charge < -0.3 is 5.73 Å². The fraction of sp³-hybridized carbons (Fsp3) is 0.0909. The first-order chi connectivity index (χ1) is 7.27. The minimum atomic E-state index is 0.531. The first kappa shape index (κ1) is 8.23. The van der Waals surface area contributed by atoms with E-state index in [0.717, 1.165) is 22.2 Å². The lowest BCUT2D eigenvalue weighted by Gasteiger charge is -2.04. The summed E-state index contributed by atoms with van der Waals surface area (Å²) < 4.78 is 1.98. The molecule has 3 aromatic rings. The molecule has 0 aliphatic carbocycles. The van der Waals surface area contributed by atoms with Crippen molar-refractivity contribution in [3.63, 3.8) is 0 Å². The Hall–Kier alpha value is -2.10. The second-order valence-corrected chi connectivity index (χ2v) is 3.53. The minimum Gasteiger partial charge on any atom is -0.382 e. The molecule has 74 valence electrons. The third-order valence-corrected chi connectivity index (χ3v) is 2.58. The standard InChI is InChI=1S/C11H10N4/c1-7-10-11(12)14-8-4-2-3-5-9(8)15(10)6-13-7/h2-6H,1H3,(H2,12,14). The predicted octanol–water partition coefficient (Wildman–Crippen LogP) is 1.77. The number of aromatic nitrogens is 3. The number of imidazole rings is 1. The number of anilines is 1. The molecule has 0 saturated heterocycles. The van der Waals surface area contributed by atoms with Crippen LogP contribution in [-0.4, -0.2) is 14.4 Å². The molecule has 4 nitrogen and oxygen atoms in total. The minimum absolute atomic E-state index is 0.531. The van der Waals surface area contributed by atoms with E-state index in [1.54, 1.807) is 6.33 Å². The molecule has 1 aromatic carbocycles. The number of hydrogen-bond donors (Lipinski definition) is 1. The molecular formula is C11H10N4. The Balaban J connectivity index is 2.65. The van der Waals surface area contributed by atoms with Crippen LogP contribution < -0.4 is 5.73 Å². The van der Waals surface area contributed by atoms with Crippen molar-refractivity contribution in [3.8, 4) is 0 Å². The first-order valence-electron chi connectivity index (χ1n) is 4.75. The van der Waals surface area contributed by atoms with Gasteiger partial charge in [0.1, 0.15) is 17.7 Å². The summed E-state index contributed by atoms with van der Waals surface area (Å²) in [6, 6.07) is 7.88. The van der Waals surface area contributed by atoms with E-state index in [1.165, 1.54) is 0 Å². The summed E-state index contributed by atoms with van der Waals surface area (Å²) in [5, 5.41) is 0. The van der Waals surface area contributed by atoms with Crippen LogP contribution in [0.2, 0.25) is 0 Å². The fourth-order valence-corrected chi connectivity index (χ4v) is 1.87. The van der Waals surface area contributed by atoms with Crippen molar-refractivity contribution in [1.29, 1.82) is 0 Å². The van der Waals surface area contributed by atoms with E-state index >= 15 is 0 Å². The summed E-state index contributed by atoms with van der Waals surface area (Å²) in [4.78, 5) is 8.60. The SMILES string of the molecule is Cc1ncn2c1c(N)nc1ccccc12. The molecule has 0 spiro atoms. The summed E-state index contributed by atoms with van der Waals surface area (Å²) in [7, 11) is 0. The molecule has 0 unspecified atom stereocenters. The number of hydrogen-bond acceptors (Lipinski definition) is 3. The Morgan fingerprint density at radius 1 is 1.27 bits per heavy atom. The molecular weight excluding hydrogens is 188 g/mol.